The number of fused-ring (bicyclic) bond motifs is 10. The highest BCUT2D eigenvalue weighted by Gasteiger charge is 2.34. The van der Waals surface area contributed by atoms with Crippen molar-refractivity contribution in [1.29, 1.82) is 0 Å². The molecule has 11 aromatic rings. The van der Waals surface area contributed by atoms with Crippen molar-refractivity contribution in [2.45, 2.75) is 15.7 Å². The zero-order chi connectivity index (χ0) is 36.7. The number of hydrogen-bond donors (Lipinski definition) is 0. The Morgan fingerprint density at radius 2 is 0.964 bits per heavy atom. The standard InChI is InChI=1S/C51H32N2O2S/c1-3-13-32(14-4-1)49-42-28-25-36(31-48(42)56-51-41-19-7-10-20-43(41)53(50(49)51)33-15-5-2-6-16-33)52(34-23-26-39-37-17-8-11-21-44(37)54-46(39)29-34)35-24-27-40-38-18-9-12-22-45(38)55-47(40)30-35/h1-31,49H. The molecule has 1 unspecified atom stereocenters. The summed E-state index contributed by atoms with van der Waals surface area (Å²) in [7, 11) is 0. The average Bonchev–Trinajstić information content (AvgIpc) is 3.92. The Morgan fingerprint density at radius 1 is 0.446 bits per heavy atom. The highest BCUT2D eigenvalue weighted by molar-refractivity contribution is 7.99. The van der Waals surface area contributed by atoms with E-state index in [9.17, 15) is 0 Å². The molecule has 1 aliphatic heterocycles. The summed E-state index contributed by atoms with van der Waals surface area (Å²) >= 11 is 1.87. The first-order valence-corrected chi connectivity index (χ1v) is 19.8. The summed E-state index contributed by atoms with van der Waals surface area (Å²) in [5.41, 5.74) is 12.8. The van der Waals surface area contributed by atoms with E-state index in [-0.39, 0.29) is 5.92 Å². The topological polar surface area (TPSA) is 34.5 Å². The van der Waals surface area contributed by atoms with Crippen molar-refractivity contribution in [3.63, 3.8) is 0 Å². The van der Waals surface area contributed by atoms with E-state index in [2.05, 4.69) is 173 Å². The summed E-state index contributed by atoms with van der Waals surface area (Å²) in [5, 5.41) is 5.70. The fourth-order valence-corrected chi connectivity index (χ4v) is 10.1. The van der Waals surface area contributed by atoms with Crippen molar-refractivity contribution in [3.8, 4) is 5.69 Å². The van der Waals surface area contributed by atoms with Crippen molar-refractivity contribution in [2.24, 2.45) is 0 Å². The highest BCUT2D eigenvalue weighted by Crippen LogP contribution is 2.54. The molecule has 0 N–H and O–H groups in total. The van der Waals surface area contributed by atoms with Crippen LogP contribution in [0.3, 0.4) is 0 Å². The van der Waals surface area contributed by atoms with Crippen molar-refractivity contribution >= 4 is 83.6 Å². The number of hydrogen-bond acceptors (Lipinski definition) is 4. The molecule has 264 valence electrons. The second kappa shape index (κ2) is 12.3. The van der Waals surface area contributed by atoms with E-state index in [1.54, 1.807) is 0 Å². The Morgan fingerprint density at radius 3 is 1.62 bits per heavy atom. The summed E-state index contributed by atoms with van der Waals surface area (Å²) in [4.78, 5) is 4.86. The molecule has 12 rings (SSSR count). The molecule has 0 spiro atoms. The molecule has 0 bridgehead atoms. The predicted octanol–water partition coefficient (Wildman–Crippen LogP) is 14.5. The SMILES string of the molecule is c1ccc(C2c3ccc(N(c4ccc5c(c4)oc4ccccc45)c4ccc5c(c4)oc4ccccc45)cc3Sc3c2n(-c2ccccc2)c2ccccc32)cc1. The van der Waals surface area contributed by atoms with Gasteiger partial charge in [0.25, 0.3) is 0 Å². The molecule has 1 aliphatic rings. The number of anilines is 3. The van der Waals surface area contributed by atoms with E-state index in [0.717, 1.165) is 60.9 Å². The Bertz CT molecular complexity index is 3190. The Labute approximate surface area is 326 Å². The third-order valence-electron chi connectivity index (χ3n) is 11.3. The minimum Gasteiger partial charge on any atom is -0.456 e. The minimum absolute atomic E-state index is 0.0244. The maximum absolute atomic E-state index is 6.45. The maximum atomic E-state index is 6.45. The molecule has 1 atom stereocenters. The third kappa shape index (κ3) is 4.74. The van der Waals surface area contributed by atoms with Crippen LogP contribution in [0.15, 0.2) is 207 Å². The van der Waals surface area contributed by atoms with Crippen molar-refractivity contribution in [3.05, 3.63) is 205 Å². The number of para-hydroxylation sites is 4. The van der Waals surface area contributed by atoms with Crippen LogP contribution in [0.25, 0.3) is 60.5 Å². The first-order chi connectivity index (χ1) is 27.8. The van der Waals surface area contributed by atoms with Crippen LogP contribution in [-0.2, 0) is 0 Å². The molecule has 56 heavy (non-hydrogen) atoms. The molecule has 0 aliphatic carbocycles. The van der Waals surface area contributed by atoms with E-state index in [0.29, 0.717) is 0 Å². The van der Waals surface area contributed by atoms with E-state index in [1.165, 1.54) is 43.2 Å². The predicted molar refractivity (Wildman–Crippen MR) is 230 cm³/mol. The summed E-state index contributed by atoms with van der Waals surface area (Å²) in [6.45, 7) is 0. The fraction of sp³-hybridized carbons (Fsp3) is 0.0196. The summed E-state index contributed by atoms with van der Waals surface area (Å²) < 4.78 is 15.4. The van der Waals surface area contributed by atoms with E-state index < -0.39 is 0 Å². The van der Waals surface area contributed by atoms with Gasteiger partial charge in [0.05, 0.1) is 11.4 Å². The highest BCUT2D eigenvalue weighted by atomic mass is 32.2. The van der Waals surface area contributed by atoms with Gasteiger partial charge in [0, 0.05) is 77.3 Å². The van der Waals surface area contributed by atoms with Gasteiger partial charge in [-0.1, -0.05) is 121 Å². The van der Waals surface area contributed by atoms with Crippen LogP contribution in [0.5, 0.6) is 0 Å². The second-order valence-electron chi connectivity index (χ2n) is 14.5. The molecule has 4 nitrogen and oxygen atoms in total. The summed E-state index contributed by atoms with van der Waals surface area (Å²) in [6, 6.07) is 67.2. The zero-order valence-corrected chi connectivity index (χ0v) is 30.9. The number of furan rings is 2. The van der Waals surface area contributed by atoms with Crippen LogP contribution in [0.1, 0.15) is 22.7 Å². The number of benzene rings is 8. The van der Waals surface area contributed by atoms with Gasteiger partial charge in [-0.05, 0) is 77.9 Å². The average molecular weight is 737 g/mol. The molecule has 0 saturated heterocycles. The molecule has 5 heteroatoms. The molecular weight excluding hydrogens is 705 g/mol. The largest absolute Gasteiger partial charge is 0.456 e. The molecule has 0 amide bonds. The van der Waals surface area contributed by atoms with Crippen LogP contribution in [0.4, 0.5) is 17.1 Å². The van der Waals surface area contributed by atoms with Gasteiger partial charge >= 0.3 is 0 Å². The van der Waals surface area contributed by atoms with Gasteiger partial charge in [-0.3, -0.25) is 0 Å². The number of nitrogens with zero attached hydrogens (tertiary/aromatic N) is 2. The lowest BCUT2D eigenvalue weighted by atomic mass is 9.87. The van der Waals surface area contributed by atoms with Gasteiger partial charge in [-0.25, -0.2) is 0 Å². The van der Waals surface area contributed by atoms with Crippen LogP contribution in [0.2, 0.25) is 0 Å². The second-order valence-corrected chi connectivity index (χ2v) is 15.5. The van der Waals surface area contributed by atoms with Gasteiger partial charge < -0.3 is 18.3 Å². The maximum Gasteiger partial charge on any atom is 0.137 e. The molecule has 0 fully saturated rings. The fourth-order valence-electron chi connectivity index (χ4n) is 8.84. The summed E-state index contributed by atoms with van der Waals surface area (Å²) in [6.07, 6.45) is 0. The number of rotatable bonds is 5. The molecule has 3 aromatic heterocycles. The van der Waals surface area contributed by atoms with Crippen LogP contribution < -0.4 is 4.90 Å². The first kappa shape index (κ1) is 31.4. The van der Waals surface area contributed by atoms with E-state index in [1.807, 2.05) is 36.0 Å². The van der Waals surface area contributed by atoms with Gasteiger partial charge in [0.1, 0.15) is 22.3 Å². The van der Waals surface area contributed by atoms with E-state index >= 15 is 0 Å². The Hall–Kier alpha value is -6.95. The monoisotopic (exact) mass is 736 g/mol. The molecule has 0 radical (unpaired) electrons. The lowest BCUT2D eigenvalue weighted by Gasteiger charge is -2.31. The van der Waals surface area contributed by atoms with Crippen molar-refractivity contribution in [1.82, 2.24) is 4.57 Å². The van der Waals surface area contributed by atoms with Gasteiger partial charge in [0.15, 0.2) is 0 Å². The summed E-state index contributed by atoms with van der Waals surface area (Å²) in [5.74, 6) is 0.0244. The van der Waals surface area contributed by atoms with Gasteiger partial charge in [0.2, 0.25) is 0 Å². The molecule has 4 heterocycles. The minimum atomic E-state index is 0.0244. The van der Waals surface area contributed by atoms with Gasteiger partial charge in [-0.15, -0.1) is 0 Å². The zero-order valence-electron chi connectivity index (χ0n) is 30.1. The molecule has 0 saturated carbocycles. The molecule has 8 aromatic carbocycles. The van der Waals surface area contributed by atoms with Crippen LogP contribution >= 0.6 is 11.8 Å². The smallest absolute Gasteiger partial charge is 0.137 e. The first-order valence-electron chi connectivity index (χ1n) is 18.9. The Kier molecular flexibility index (Phi) is 6.89. The third-order valence-corrected chi connectivity index (χ3v) is 12.5. The molecular formula is C51H32N2O2S. The van der Waals surface area contributed by atoms with Crippen LogP contribution in [0, 0.1) is 0 Å². The van der Waals surface area contributed by atoms with Gasteiger partial charge in [-0.2, -0.15) is 0 Å². The van der Waals surface area contributed by atoms with Crippen LogP contribution in [-0.4, -0.2) is 4.57 Å². The lowest BCUT2D eigenvalue weighted by molar-refractivity contribution is 0.669. The quantitative estimate of drug-likeness (QED) is 0.176. The lowest BCUT2D eigenvalue weighted by Crippen LogP contribution is -2.15. The number of aromatic nitrogens is 1. The van der Waals surface area contributed by atoms with Crippen molar-refractivity contribution < 1.29 is 8.83 Å². The Balaban J connectivity index is 1.08. The van der Waals surface area contributed by atoms with Crippen molar-refractivity contribution in [2.75, 3.05) is 4.90 Å². The van der Waals surface area contributed by atoms with E-state index in [4.69, 9.17) is 8.83 Å². The normalized spacial score (nSPS) is 13.8.